The second-order valence-electron chi connectivity index (χ2n) is 2.40. The maximum Gasteiger partial charge on any atom is 0.251 e. The van der Waals surface area contributed by atoms with Crippen LogP contribution in [0.1, 0.15) is 16.8 Å². The maximum atomic E-state index is 11.3. The van der Waals surface area contributed by atoms with Crippen LogP contribution in [0.4, 0.5) is 0 Å². The van der Waals surface area contributed by atoms with E-state index in [9.17, 15) is 4.79 Å². The van der Waals surface area contributed by atoms with Crippen molar-refractivity contribution in [1.29, 1.82) is 5.26 Å². The molecule has 0 fully saturated rings. The molecule has 66 valence electrons. The molecule has 4 heteroatoms. The van der Waals surface area contributed by atoms with Gasteiger partial charge in [-0.1, -0.05) is 0 Å². The Morgan fingerprint density at radius 1 is 1.54 bits per heavy atom. The zero-order chi connectivity index (χ0) is 9.52. The van der Waals surface area contributed by atoms with Crippen LogP contribution in [0.5, 0.6) is 0 Å². The molecule has 0 bridgehead atoms. The first-order valence-corrected chi connectivity index (χ1v) is 3.90. The summed E-state index contributed by atoms with van der Waals surface area (Å²) in [6.07, 6.45) is 3.44. The lowest BCUT2D eigenvalue weighted by Crippen LogP contribution is -2.24. The number of hydrogen-bond acceptors (Lipinski definition) is 3. The lowest BCUT2D eigenvalue weighted by atomic mass is 10.2. The summed E-state index contributed by atoms with van der Waals surface area (Å²) in [4.78, 5) is 15.1. The molecule has 1 N–H and O–H groups in total. The van der Waals surface area contributed by atoms with Gasteiger partial charge in [-0.25, -0.2) is 0 Å². The van der Waals surface area contributed by atoms with Crippen LogP contribution in [0.25, 0.3) is 0 Å². The number of hydrogen-bond donors (Lipinski definition) is 1. The number of rotatable bonds is 3. The third-order valence-electron chi connectivity index (χ3n) is 1.46. The number of pyridine rings is 1. The summed E-state index contributed by atoms with van der Waals surface area (Å²) in [5, 5.41) is 10.8. The maximum absolute atomic E-state index is 11.3. The van der Waals surface area contributed by atoms with Gasteiger partial charge >= 0.3 is 0 Å². The Bertz CT molecular complexity index is 315. The van der Waals surface area contributed by atoms with Crippen molar-refractivity contribution in [1.82, 2.24) is 10.3 Å². The third-order valence-corrected chi connectivity index (χ3v) is 1.46. The number of nitrogens with zero attached hydrogens (tertiary/aromatic N) is 2. The molecular weight excluding hydrogens is 166 g/mol. The van der Waals surface area contributed by atoms with Gasteiger partial charge in [-0.15, -0.1) is 0 Å². The number of carbonyl (C=O) groups excluding carboxylic acids is 1. The minimum absolute atomic E-state index is 0.169. The van der Waals surface area contributed by atoms with Crippen LogP contribution in [0.15, 0.2) is 24.5 Å². The van der Waals surface area contributed by atoms with Gasteiger partial charge in [0.1, 0.15) is 0 Å². The van der Waals surface area contributed by atoms with Crippen LogP contribution in [0, 0.1) is 11.3 Å². The highest BCUT2D eigenvalue weighted by Gasteiger charge is 2.01. The molecule has 0 unspecified atom stereocenters. The van der Waals surface area contributed by atoms with Crippen molar-refractivity contribution in [2.75, 3.05) is 6.54 Å². The molecule has 0 saturated carbocycles. The first-order valence-electron chi connectivity index (χ1n) is 3.90. The normalized spacial score (nSPS) is 8.85. The number of nitrogens with one attached hydrogen (secondary N) is 1. The summed E-state index contributed by atoms with van der Waals surface area (Å²) < 4.78 is 0. The Morgan fingerprint density at radius 2 is 2.23 bits per heavy atom. The summed E-state index contributed by atoms with van der Waals surface area (Å²) in [5.41, 5.74) is 0.563. The molecule has 13 heavy (non-hydrogen) atoms. The van der Waals surface area contributed by atoms with Crippen molar-refractivity contribution in [3.8, 4) is 6.07 Å². The summed E-state index contributed by atoms with van der Waals surface area (Å²) >= 11 is 0. The molecule has 1 amide bonds. The van der Waals surface area contributed by atoms with E-state index >= 15 is 0 Å². The zero-order valence-electron chi connectivity index (χ0n) is 7.03. The summed E-state index contributed by atoms with van der Waals surface area (Å²) in [6.45, 7) is 0.387. The number of aromatic nitrogens is 1. The third kappa shape index (κ3) is 2.91. The van der Waals surface area contributed by atoms with Crippen molar-refractivity contribution in [3.05, 3.63) is 30.1 Å². The largest absolute Gasteiger partial charge is 0.351 e. The van der Waals surface area contributed by atoms with Crippen molar-refractivity contribution in [3.63, 3.8) is 0 Å². The summed E-state index contributed by atoms with van der Waals surface area (Å²) in [6, 6.07) is 5.20. The highest BCUT2D eigenvalue weighted by molar-refractivity contribution is 5.93. The molecule has 0 radical (unpaired) electrons. The van der Waals surface area contributed by atoms with Crippen molar-refractivity contribution < 1.29 is 4.79 Å². The lowest BCUT2D eigenvalue weighted by Gasteiger charge is -2.00. The topological polar surface area (TPSA) is 65.8 Å². The molecule has 0 spiro atoms. The van der Waals surface area contributed by atoms with Gasteiger partial charge in [0.2, 0.25) is 0 Å². The van der Waals surface area contributed by atoms with E-state index in [1.165, 1.54) is 0 Å². The second kappa shape index (κ2) is 4.88. The molecule has 1 rings (SSSR count). The molecular formula is C9H9N3O. The average molecular weight is 175 g/mol. The molecule has 1 aromatic heterocycles. The van der Waals surface area contributed by atoms with Crippen LogP contribution in [-0.2, 0) is 0 Å². The Kier molecular flexibility index (Phi) is 3.45. The standard InChI is InChI=1S/C9H9N3O/c10-4-1-5-12-9(13)8-2-6-11-7-3-8/h2-3,6-7H,1,5H2,(H,12,13). The fourth-order valence-corrected chi connectivity index (χ4v) is 0.837. The Balaban J connectivity index is 2.46. The van der Waals surface area contributed by atoms with E-state index < -0.39 is 0 Å². The number of nitriles is 1. The highest BCUT2D eigenvalue weighted by atomic mass is 16.1. The van der Waals surface area contributed by atoms with Gasteiger partial charge in [0.05, 0.1) is 12.5 Å². The van der Waals surface area contributed by atoms with Gasteiger partial charge in [-0.3, -0.25) is 9.78 Å². The van der Waals surface area contributed by atoms with Gasteiger partial charge in [0.25, 0.3) is 5.91 Å². The van der Waals surface area contributed by atoms with Crippen molar-refractivity contribution >= 4 is 5.91 Å². The van der Waals surface area contributed by atoms with Gasteiger partial charge < -0.3 is 5.32 Å². The average Bonchev–Trinajstić information content (AvgIpc) is 2.19. The second-order valence-corrected chi connectivity index (χ2v) is 2.40. The van der Waals surface area contributed by atoms with Crippen LogP contribution in [0.3, 0.4) is 0 Å². The number of carbonyl (C=O) groups is 1. The molecule has 0 atom stereocenters. The van der Waals surface area contributed by atoms with E-state index in [0.29, 0.717) is 18.5 Å². The lowest BCUT2D eigenvalue weighted by molar-refractivity contribution is 0.0954. The first-order chi connectivity index (χ1) is 6.34. The van der Waals surface area contributed by atoms with Gasteiger partial charge in [0.15, 0.2) is 0 Å². The smallest absolute Gasteiger partial charge is 0.251 e. The monoisotopic (exact) mass is 175 g/mol. The van der Waals surface area contributed by atoms with Crippen LogP contribution < -0.4 is 5.32 Å². The van der Waals surface area contributed by atoms with E-state index in [1.54, 1.807) is 24.5 Å². The molecule has 0 aliphatic heterocycles. The minimum Gasteiger partial charge on any atom is -0.351 e. The van der Waals surface area contributed by atoms with Gasteiger partial charge in [-0.2, -0.15) is 5.26 Å². The van der Waals surface area contributed by atoms with E-state index in [-0.39, 0.29) is 5.91 Å². The fraction of sp³-hybridized carbons (Fsp3) is 0.222. The van der Waals surface area contributed by atoms with Crippen LogP contribution in [0.2, 0.25) is 0 Å². The Hall–Kier alpha value is -1.89. The molecule has 4 nitrogen and oxygen atoms in total. The zero-order valence-corrected chi connectivity index (χ0v) is 7.03. The molecule has 0 aliphatic carbocycles. The Labute approximate surface area is 76.2 Å². The summed E-state index contributed by atoms with van der Waals surface area (Å²) in [5.74, 6) is -0.169. The van der Waals surface area contributed by atoms with E-state index in [1.807, 2.05) is 6.07 Å². The first kappa shape index (κ1) is 9.20. The van der Waals surface area contributed by atoms with E-state index in [2.05, 4.69) is 10.3 Å². The van der Waals surface area contributed by atoms with Crippen molar-refractivity contribution in [2.45, 2.75) is 6.42 Å². The predicted molar refractivity (Wildman–Crippen MR) is 46.8 cm³/mol. The molecule has 0 saturated heterocycles. The molecule has 0 aromatic carbocycles. The van der Waals surface area contributed by atoms with E-state index in [0.717, 1.165) is 0 Å². The molecule has 1 heterocycles. The van der Waals surface area contributed by atoms with Crippen LogP contribution >= 0.6 is 0 Å². The molecule has 0 aliphatic rings. The van der Waals surface area contributed by atoms with E-state index in [4.69, 9.17) is 5.26 Å². The quantitative estimate of drug-likeness (QED) is 0.688. The number of amides is 1. The highest BCUT2D eigenvalue weighted by Crippen LogP contribution is 1.94. The van der Waals surface area contributed by atoms with Gasteiger partial charge in [-0.05, 0) is 12.1 Å². The SMILES string of the molecule is N#CCCNC(=O)c1ccncc1. The fourth-order valence-electron chi connectivity index (χ4n) is 0.837. The molecule has 1 aromatic rings. The summed E-state index contributed by atoms with van der Waals surface area (Å²) in [7, 11) is 0. The minimum atomic E-state index is -0.169. The Morgan fingerprint density at radius 3 is 2.85 bits per heavy atom. The van der Waals surface area contributed by atoms with Gasteiger partial charge in [0, 0.05) is 24.5 Å². The van der Waals surface area contributed by atoms with Crippen molar-refractivity contribution in [2.24, 2.45) is 0 Å². The predicted octanol–water partition coefficient (Wildman–Crippen LogP) is 0.725. The van der Waals surface area contributed by atoms with Crippen LogP contribution in [-0.4, -0.2) is 17.4 Å².